The van der Waals surface area contributed by atoms with Crippen molar-refractivity contribution in [1.82, 2.24) is 0 Å². The highest BCUT2D eigenvalue weighted by Gasteiger charge is 2.21. The molecule has 26 heavy (non-hydrogen) atoms. The number of carbonyl (C=O) groups is 1. The van der Waals surface area contributed by atoms with Crippen LogP contribution in [0.15, 0.2) is 59.2 Å². The number of rotatable bonds is 6. The zero-order chi connectivity index (χ0) is 17.9. The molecule has 2 aliphatic heterocycles. The summed E-state index contributed by atoms with van der Waals surface area (Å²) >= 11 is 0. The summed E-state index contributed by atoms with van der Waals surface area (Å²) in [5, 5.41) is 0. The lowest BCUT2D eigenvalue weighted by molar-refractivity contribution is -0.117. The monoisotopic (exact) mass is 348 g/mol. The maximum atomic E-state index is 13.0. The molecule has 0 amide bonds. The third kappa shape index (κ3) is 3.74. The zero-order valence-electron chi connectivity index (χ0n) is 14.6. The molecule has 2 aromatic carbocycles. The number of fused-ring (bicyclic) bond motifs is 1. The first-order chi connectivity index (χ1) is 12.7. The first-order valence-corrected chi connectivity index (χ1v) is 9.02. The number of aliphatic imine (C=N–C) groups is 1. The number of anilines is 1. The van der Waals surface area contributed by atoms with Crippen LogP contribution >= 0.6 is 0 Å². The molecule has 0 aromatic heterocycles. The van der Waals surface area contributed by atoms with E-state index in [1.54, 1.807) is 12.1 Å². The number of nitrogens with zero attached hydrogens (tertiary/aromatic N) is 2. The minimum atomic E-state index is -0.276. The van der Waals surface area contributed by atoms with E-state index in [-0.39, 0.29) is 11.6 Å². The van der Waals surface area contributed by atoms with Gasteiger partial charge in [0.15, 0.2) is 0 Å². The molecule has 0 aliphatic carbocycles. The summed E-state index contributed by atoms with van der Waals surface area (Å²) in [5.74, 6) is -0.133. The van der Waals surface area contributed by atoms with Gasteiger partial charge in [0.25, 0.3) is 0 Å². The Morgan fingerprint density at radius 3 is 2.62 bits per heavy atom. The standard InChI is InChI=1S/C22H21FN2O/c23-19-7-4-16(5-8-19)12-21(26)13-17-3-6-18-9-11-25(22(18)14-17)15-20-2-1-10-24-20/h2-8,10,14H,1,9,11-13,15H2. The third-order valence-corrected chi connectivity index (χ3v) is 4.93. The van der Waals surface area contributed by atoms with Crippen molar-refractivity contribution in [3.05, 3.63) is 76.7 Å². The summed E-state index contributed by atoms with van der Waals surface area (Å²) in [5.41, 5.74) is 5.56. The van der Waals surface area contributed by atoms with Crippen molar-refractivity contribution in [2.75, 3.05) is 18.0 Å². The Labute approximate surface area is 152 Å². The van der Waals surface area contributed by atoms with E-state index in [4.69, 9.17) is 0 Å². The topological polar surface area (TPSA) is 32.7 Å². The van der Waals surface area contributed by atoms with Crippen LogP contribution in [0.5, 0.6) is 0 Å². The van der Waals surface area contributed by atoms with E-state index in [9.17, 15) is 9.18 Å². The molecular formula is C22H21FN2O. The van der Waals surface area contributed by atoms with Gasteiger partial charge >= 0.3 is 0 Å². The molecule has 0 N–H and O–H groups in total. The summed E-state index contributed by atoms with van der Waals surface area (Å²) in [6, 6.07) is 12.5. The normalized spacial score (nSPS) is 15.3. The molecule has 2 heterocycles. The van der Waals surface area contributed by atoms with Crippen LogP contribution < -0.4 is 4.90 Å². The molecule has 2 aromatic rings. The van der Waals surface area contributed by atoms with Crippen molar-refractivity contribution in [3.63, 3.8) is 0 Å². The van der Waals surface area contributed by atoms with Crippen LogP contribution in [0.25, 0.3) is 0 Å². The van der Waals surface area contributed by atoms with E-state index in [1.807, 2.05) is 6.21 Å². The molecule has 0 spiro atoms. The van der Waals surface area contributed by atoms with Crippen LogP contribution in [0.1, 0.15) is 23.1 Å². The Balaban J connectivity index is 1.44. The molecule has 0 unspecified atom stereocenters. The molecule has 4 rings (SSSR count). The fraction of sp³-hybridized carbons (Fsp3) is 0.273. The largest absolute Gasteiger partial charge is 0.365 e. The van der Waals surface area contributed by atoms with E-state index in [1.165, 1.54) is 23.4 Å². The molecule has 4 heteroatoms. The van der Waals surface area contributed by atoms with Gasteiger partial charge in [-0.05, 0) is 41.3 Å². The van der Waals surface area contributed by atoms with Gasteiger partial charge in [0.05, 0.1) is 12.2 Å². The van der Waals surface area contributed by atoms with Crippen LogP contribution in [0.4, 0.5) is 10.1 Å². The third-order valence-electron chi connectivity index (χ3n) is 4.93. The van der Waals surface area contributed by atoms with Crippen molar-refractivity contribution >= 4 is 17.7 Å². The minimum absolute atomic E-state index is 0.143. The minimum Gasteiger partial charge on any atom is -0.365 e. The van der Waals surface area contributed by atoms with Gasteiger partial charge in [0.1, 0.15) is 11.6 Å². The lowest BCUT2D eigenvalue weighted by Gasteiger charge is -2.19. The molecule has 132 valence electrons. The fourth-order valence-corrected chi connectivity index (χ4v) is 3.60. The summed E-state index contributed by atoms with van der Waals surface area (Å²) in [6.45, 7) is 1.83. The van der Waals surface area contributed by atoms with E-state index in [0.717, 1.165) is 42.8 Å². The number of carbonyl (C=O) groups excluding carboxylic acids is 1. The SMILES string of the molecule is O=C(Cc1ccc(F)cc1)Cc1ccc2c(c1)N(CC1=CCC=N1)CC2. The van der Waals surface area contributed by atoms with Gasteiger partial charge in [-0.25, -0.2) is 4.39 Å². The molecule has 0 saturated heterocycles. The molecule has 0 atom stereocenters. The van der Waals surface area contributed by atoms with Crippen molar-refractivity contribution in [1.29, 1.82) is 0 Å². The number of hydrogen-bond acceptors (Lipinski definition) is 3. The van der Waals surface area contributed by atoms with Crippen molar-refractivity contribution in [2.24, 2.45) is 4.99 Å². The lowest BCUT2D eigenvalue weighted by atomic mass is 10.0. The number of benzene rings is 2. The molecule has 2 aliphatic rings. The predicted molar refractivity (Wildman–Crippen MR) is 102 cm³/mol. The Bertz CT molecular complexity index is 884. The van der Waals surface area contributed by atoms with Gasteiger partial charge in [0.2, 0.25) is 0 Å². The summed E-state index contributed by atoms with van der Waals surface area (Å²) in [7, 11) is 0. The maximum Gasteiger partial charge on any atom is 0.141 e. The molecule has 3 nitrogen and oxygen atoms in total. The highest BCUT2D eigenvalue weighted by molar-refractivity contribution is 5.83. The first-order valence-electron chi connectivity index (χ1n) is 9.02. The second-order valence-corrected chi connectivity index (χ2v) is 6.90. The van der Waals surface area contributed by atoms with Gasteiger partial charge in [-0.15, -0.1) is 0 Å². The van der Waals surface area contributed by atoms with Crippen LogP contribution in [0, 0.1) is 5.82 Å². The van der Waals surface area contributed by atoms with Gasteiger partial charge in [0, 0.05) is 37.7 Å². The Kier molecular flexibility index (Phi) is 4.65. The highest BCUT2D eigenvalue weighted by Crippen LogP contribution is 2.30. The average Bonchev–Trinajstić information content (AvgIpc) is 3.28. The second kappa shape index (κ2) is 7.24. The second-order valence-electron chi connectivity index (χ2n) is 6.90. The average molecular weight is 348 g/mol. The van der Waals surface area contributed by atoms with Crippen molar-refractivity contribution < 1.29 is 9.18 Å². The van der Waals surface area contributed by atoms with E-state index < -0.39 is 0 Å². The van der Waals surface area contributed by atoms with E-state index in [2.05, 4.69) is 34.2 Å². The molecule has 0 bridgehead atoms. The first kappa shape index (κ1) is 16.7. The fourth-order valence-electron chi connectivity index (χ4n) is 3.60. The number of hydrogen-bond donors (Lipinski definition) is 0. The molecule has 0 fully saturated rings. The highest BCUT2D eigenvalue weighted by atomic mass is 19.1. The Morgan fingerprint density at radius 1 is 1.08 bits per heavy atom. The predicted octanol–water partition coefficient (Wildman–Crippen LogP) is 3.90. The number of Topliss-reactive ketones (excluding diaryl/α,β-unsaturated/α-hetero) is 1. The van der Waals surface area contributed by atoms with Gasteiger partial charge in [-0.2, -0.15) is 0 Å². The van der Waals surface area contributed by atoms with E-state index >= 15 is 0 Å². The van der Waals surface area contributed by atoms with Gasteiger partial charge in [-0.1, -0.05) is 30.3 Å². The van der Waals surface area contributed by atoms with Crippen LogP contribution in [0.3, 0.4) is 0 Å². The van der Waals surface area contributed by atoms with Crippen LogP contribution in [-0.2, 0) is 24.1 Å². The summed E-state index contributed by atoms with van der Waals surface area (Å²) in [4.78, 5) is 19.1. The van der Waals surface area contributed by atoms with Gasteiger partial charge in [-0.3, -0.25) is 9.79 Å². The summed E-state index contributed by atoms with van der Waals surface area (Å²) in [6.07, 6.45) is 6.80. The number of halogens is 1. The Morgan fingerprint density at radius 2 is 1.85 bits per heavy atom. The molecule has 0 radical (unpaired) electrons. The number of ketones is 1. The Hall–Kier alpha value is -2.75. The van der Waals surface area contributed by atoms with Gasteiger partial charge < -0.3 is 4.90 Å². The van der Waals surface area contributed by atoms with Crippen LogP contribution in [-0.4, -0.2) is 25.1 Å². The van der Waals surface area contributed by atoms with E-state index in [0.29, 0.717) is 12.8 Å². The van der Waals surface area contributed by atoms with Crippen molar-refractivity contribution in [2.45, 2.75) is 25.7 Å². The summed E-state index contributed by atoms with van der Waals surface area (Å²) < 4.78 is 13.0. The molecule has 0 saturated carbocycles. The van der Waals surface area contributed by atoms with Crippen LogP contribution in [0.2, 0.25) is 0 Å². The lowest BCUT2D eigenvalue weighted by Crippen LogP contribution is -2.22. The smallest absolute Gasteiger partial charge is 0.141 e. The molecular weight excluding hydrogens is 327 g/mol. The quantitative estimate of drug-likeness (QED) is 0.793. The van der Waals surface area contributed by atoms with Crippen molar-refractivity contribution in [3.8, 4) is 0 Å². The maximum absolute atomic E-state index is 13.0. The zero-order valence-corrected chi connectivity index (χ0v) is 14.6. The number of allylic oxidation sites excluding steroid dienone is 1.